The summed E-state index contributed by atoms with van der Waals surface area (Å²) in [5.74, 6) is -0.363. The first-order valence-corrected chi connectivity index (χ1v) is 20.4. The van der Waals surface area contributed by atoms with Crippen LogP contribution in [-0.2, 0) is 27.9 Å². The van der Waals surface area contributed by atoms with E-state index in [4.69, 9.17) is 24.3 Å². The summed E-state index contributed by atoms with van der Waals surface area (Å²) in [6.45, 7) is 4.19. The first-order valence-electron chi connectivity index (χ1n) is 18.9. The van der Waals surface area contributed by atoms with Gasteiger partial charge in [0, 0.05) is 13.0 Å². The summed E-state index contributed by atoms with van der Waals surface area (Å²) in [5.41, 5.74) is 5.34. The molecule has 9 heteroatoms. The number of phosphoric acid groups is 1. The average molecular weight is 674 g/mol. The van der Waals surface area contributed by atoms with Crippen LogP contribution in [0, 0.1) is 0 Å². The van der Waals surface area contributed by atoms with Crippen LogP contribution in [0.1, 0.15) is 174 Å². The van der Waals surface area contributed by atoms with Gasteiger partial charge in [-0.3, -0.25) is 13.8 Å². The summed E-state index contributed by atoms with van der Waals surface area (Å²) in [7, 11) is -4.28. The Balaban J connectivity index is 4.12. The van der Waals surface area contributed by atoms with Crippen molar-refractivity contribution in [2.24, 2.45) is 5.73 Å². The summed E-state index contributed by atoms with van der Waals surface area (Å²) < 4.78 is 33.0. The van der Waals surface area contributed by atoms with Crippen LogP contribution in [0.2, 0.25) is 0 Å². The fourth-order valence-electron chi connectivity index (χ4n) is 5.12. The predicted molar refractivity (Wildman–Crippen MR) is 192 cm³/mol. The van der Waals surface area contributed by atoms with E-state index in [1.807, 2.05) is 6.08 Å². The highest BCUT2D eigenvalue weighted by molar-refractivity contribution is 7.47. The van der Waals surface area contributed by atoms with E-state index in [0.29, 0.717) is 6.42 Å². The van der Waals surface area contributed by atoms with Gasteiger partial charge in [0.15, 0.2) is 6.10 Å². The fourth-order valence-corrected chi connectivity index (χ4v) is 5.88. The second-order valence-corrected chi connectivity index (χ2v) is 14.0. The molecule has 8 nitrogen and oxygen atoms in total. The topological polar surface area (TPSA) is 117 Å². The number of ether oxygens (including phenoxy) is 2. The molecule has 2 atom stereocenters. The van der Waals surface area contributed by atoms with E-state index >= 15 is 0 Å². The first kappa shape index (κ1) is 44.8. The van der Waals surface area contributed by atoms with Gasteiger partial charge in [-0.25, -0.2) is 4.57 Å². The van der Waals surface area contributed by atoms with Crippen molar-refractivity contribution in [2.45, 2.75) is 180 Å². The van der Waals surface area contributed by atoms with Crippen LogP contribution in [-0.4, -0.2) is 43.3 Å². The van der Waals surface area contributed by atoms with Crippen LogP contribution >= 0.6 is 7.82 Å². The largest absolute Gasteiger partial charge is 0.498 e. The summed E-state index contributed by atoms with van der Waals surface area (Å²) in [6, 6.07) is 0. The lowest BCUT2D eigenvalue weighted by molar-refractivity contribution is -0.153. The molecule has 0 fully saturated rings. The van der Waals surface area contributed by atoms with Crippen molar-refractivity contribution in [3.63, 3.8) is 0 Å². The molecule has 2 unspecified atom stereocenters. The molecule has 0 aliphatic carbocycles. The van der Waals surface area contributed by atoms with Crippen molar-refractivity contribution in [1.29, 1.82) is 0 Å². The van der Waals surface area contributed by atoms with Crippen LogP contribution in [0.5, 0.6) is 0 Å². The third-order valence-electron chi connectivity index (χ3n) is 7.94. The van der Waals surface area contributed by atoms with E-state index in [1.165, 1.54) is 109 Å². The zero-order valence-electron chi connectivity index (χ0n) is 29.8. The molecule has 0 saturated heterocycles. The highest BCUT2D eigenvalue weighted by atomic mass is 31.2. The third-order valence-corrected chi connectivity index (χ3v) is 8.92. The Bertz CT molecular complexity index is 762. The van der Waals surface area contributed by atoms with Gasteiger partial charge in [-0.15, -0.1) is 0 Å². The SMILES string of the molecule is CCCCC=CCCCCCCCC(=O)OC(COC=CCCCCCCCCCCCCCCCC)COP(=O)(O)OCCN. The molecule has 0 aliphatic heterocycles. The molecule has 272 valence electrons. The van der Waals surface area contributed by atoms with Gasteiger partial charge < -0.3 is 20.1 Å². The second kappa shape index (κ2) is 35.1. The lowest BCUT2D eigenvalue weighted by Gasteiger charge is -2.19. The molecule has 0 saturated carbocycles. The number of hydrogen-bond donors (Lipinski definition) is 2. The van der Waals surface area contributed by atoms with Crippen molar-refractivity contribution in [3.05, 3.63) is 24.5 Å². The van der Waals surface area contributed by atoms with Crippen molar-refractivity contribution in [2.75, 3.05) is 26.4 Å². The number of rotatable bonds is 36. The Morgan fingerprint density at radius 3 is 1.67 bits per heavy atom. The van der Waals surface area contributed by atoms with Crippen LogP contribution in [0.15, 0.2) is 24.5 Å². The summed E-state index contributed by atoms with van der Waals surface area (Å²) >= 11 is 0. The molecule has 0 heterocycles. The molecular formula is C37H72NO7P. The maximum Gasteiger partial charge on any atom is 0.472 e. The minimum absolute atomic E-state index is 0.0314. The number of nitrogens with two attached hydrogens (primary N) is 1. The van der Waals surface area contributed by atoms with Gasteiger partial charge in [0.2, 0.25) is 0 Å². The third kappa shape index (κ3) is 34.2. The zero-order chi connectivity index (χ0) is 33.8. The van der Waals surface area contributed by atoms with Crippen LogP contribution in [0.3, 0.4) is 0 Å². The highest BCUT2D eigenvalue weighted by Crippen LogP contribution is 2.43. The summed E-state index contributed by atoms with van der Waals surface area (Å²) in [5, 5.41) is 0. The van der Waals surface area contributed by atoms with E-state index in [0.717, 1.165) is 44.9 Å². The van der Waals surface area contributed by atoms with Gasteiger partial charge in [-0.2, -0.15) is 0 Å². The number of allylic oxidation sites excluding steroid dienone is 3. The molecule has 46 heavy (non-hydrogen) atoms. The Morgan fingerprint density at radius 1 is 0.652 bits per heavy atom. The maximum atomic E-state index is 12.5. The van der Waals surface area contributed by atoms with E-state index < -0.39 is 13.9 Å². The van der Waals surface area contributed by atoms with E-state index in [2.05, 4.69) is 26.0 Å². The van der Waals surface area contributed by atoms with Crippen LogP contribution in [0.4, 0.5) is 0 Å². The number of unbranched alkanes of at least 4 members (excludes halogenated alkanes) is 21. The van der Waals surface area contributed by atoms with Crippen LogP contribution in [0.25, 0.3) is 0 Å². The van der Waals surface area contributed by atoms with Crippen LogP contribution < -0.4 is 5.73 Å². The number of hydrogen-bond acceptors (Lipinski definition) is 7. The molecule has 0 aliphatic rings. The molecule has 0 aromatic heterocycles. The quantitative estimate of drug-likeness (QED) is 0.0222. The maximum absolute atomic E-state index is 12.5. The van der Waals surface area contributed by atoms with Crippen molar-refractivity contribution in [1.82, 2.24) is 0 Å². The molecule has 0 amide bonds. The Kier molecular flexibility index (Phi) is 34.2. The van der Waals surface area contributed by atoms with Gasteiger partial charge >= 0.3 is 13.8 Å². The lowest BCUT2D eigenvalue weighted by Crippen LogP contribution is -2.27. The smallest absolute Gasteiger partial charge is 0.472 e. The molecule has 0 rings (SSSR count). The lowest BCUT2D eigenvalue weighted by atomic mass is 10.0. The fraction of sp³-hybridized carbons (Fsp3) is 0.865. The molecule has 0 radical (unpaired) electrons. The number of esters is 1. The van der Waals surface area contributed by atoms with Gasteiger partial charge in [-0.1, -0.05) is 142 Å². The average Bonchev–Trinajstić information content (AvgIpc) is 3.04. The molecule has 0 aromatic rings. The second-order valence-electron chi connectivity index (χ2n) is 12.5. The molecule has 0 bridgehead atoms. The molecular weight excluding hydrogens is 601 g/mol. The minimum Gasteiger partial charge on any atom is -0.498 e. The van der Waals surface area contributed by atoms with Gasteiger partial charge in [-0.05, 0) is 44.6 Å². The standard InChI is InChI=1S/C37H72NO7P/c1-3-5-7-9-11-13-15-16-17-18-19-21-23-25-27-29-32-42-34-36(35-44-46(40,41)43-33-31-38)45-37(39)30-28-26-24-22-20-14-12-10-8-6-4-2/h10,12,29,32,36H,3-9,11,13-28,30-31,33-35,38H2,1-2H3,(H,40,41). The van der Waals surface area contributed by atoms with Crippen molar-refractivity contribution in [3.8, 4) is 0 Å². The Morgan fingerprint density at radius 2 is 1.13 bits per heavy atom. The number of carbonyl (C=O) groups excluding carboxylic acids is 1. The van der Waals surface area contributed by atoms with Gasteiger partial charge in [0.25, 0.3) is 0 Å². The predicted octanol–water partition coefficient (Wildman–Crippen LogP) is 10.9. The summed E-state index contributed by atoms with van der Waals surface area (Å²) in [4.78, 5) is 22.3. The van der Waals surface area contributed by atoms with Gasteiger partial charge in [0.1, 0.15) is 6.61 Å². The molecule has 0 aromatic carbocycles. The Labute approximate surface area is 283 Å². The van der Waals surface area contributed by atoms with Crippen molar-refractivity contribution < 1.29 is 32.8 Å². The first-order chi connectivity index (χ1) is 22.4. The number of carbonyl (C=O) groups is 1. The van der Waals surface area contributed by atoms with E-state index in [1.54, 1.807) is 6.26 Å². The van der Waals surface area contributed by atoms with Crippen molar-refractivity contribution >= 4 is 13.8 Å². The summed E-state index contributed by atoms with van der Waals surface area (Å²) in [6.07, 6.45) is 37.1. The van der Waals surface area contributed by atoms with Gasteiger partial charge in [0.05, 0.1) is 19.5 Å². The molecule has 3 N–H and O–H groups in total. The van der Waals surface area contributed by atoms with E-state index in [-0.39, 0.29) is 32.3 Å². The monoisotopic (exact) mass is 674 g/mol. The molecule has 0 spiro atoms. The zero-order valence-corrected chi connectivity index (χ0v) is 30.7. The highest BCUT2D eigenvalue weighted by Gasteiger charge is 2.25. The van der Waals surface area contributed by atoms with E-state index in [9.17, 15) is 14.3 Å². The normalized spacial score (nSPS) is 13.8. The Hall–Kier alpha value is -1.18. The number of phosphoric ester groups is 1. The minimum atomic E-state index is -4.28.